The van der Waals surface area contributed by atoms with Crippen molar-refractivity contribution < 1.29 is 0 Å². The van der Waals surface area contributed by atoms with E-state index in [0.717, 1.165) is 16.5 Å². The second kappa shape index (κ2) is 4.49. The van der Waals surface area contributed by atoms with Crippen molar-refractivity contribution in [2.75, 3.05) is 0 Å². The first-order chi connectivity index (χ1) is 9.08. The number of benzene rings is 2. The van der Waals surface area contributed by atoms with E-state index in [9.17, 15) is 0 Å². The Morgan fingerprint density at radius 1 is 1.16 bits per heavy atom. The Kier molecular flexibility index (Phi) is 2.94. The van der Waals surface area contributed by atoms with Crippen LogP contribution in [0.1, 0.15) is 23.6 Å². The lowest BCUT2D eigenvalue weighted by molar-refractivity contribution is 0.487. The molecular weight excluding hydrogens is 300 g/mol. The Bertz CT molecular complexity index is 663. The Labute approximate surface area is 121 Å². The third-order valence-electron chi connectivity index (χ3n) is 3.64. The fraction of sp³-hybridized carbons (Fsp3) is 0.188. The van der Waals surface area contributed by atoms with Gasteiger partial charge in [-0.25, -0.2) is 0 Å². The van der Waals surface area contributed by atoms with Crippen LogP contribution in [-0.2, 0) is 12.0 Å². The van der Waals surface area contributed by atoms with Crippen molar-refractivity contribution in [3.63, 3.8) is 0 Å². The number of amidine groups is 1. The molecule has 0 fully saturated rings. The predicted molar refractivity (Wildman–Crippen MR) is 82.4 cm³/mol. The molecule has 1 aliphatic heterocycles. The molecule has 0 amide bonds. The van der Waals surface area contributed by atoms with Crippen LogP contribution in [0.3, 0.4) is 0 Å². The Balaban J connectivity index is 2.11. The van der Waals surface area contributed by atoms with Gasteiger partial charge in [0.2, 0.25) is 0 Å². The van der Waals surface area contributed by atoms with Crippen LogP contribution < -0.4 is 5.73 Å². The summed E-state index contributed by atoms with van der Waals surface area (Å²) in [7, 11) is 0. The van der Waals surface area contributed by atoms with E-state index >= 15 is 0 Å². The molecule has 2 N–H and O–H groups in total. The van der Waals surface area contributed by atoms with E-state index in [4.69, 9.17) is 10.7 Å². The molecule has 1 atom stereocenters. The molecule has 0 aromatic heterocycles. The quantitative estimate of drug-likeness (QED) is 0.857. The lowest BCUT2D eigenvalue weighted by Gasteiger charge is -2.31. The average molecular weight is 315 g/mol. The van der Waals surface area contributed by atoms with E-state index in [1.54, 1.807) is 0 Å². The lowest BCUT2D eigenvalue weighted by Crippen LogP contribution is -2.33. The van der Waals surface area contributed by atoms with Gasteiger partial charge in [-0.2, -0.15) is 0 Å². The van der Waals surface area contributed by atoms with Crippen molar-refractivity contribution in [1.29, 1.82) is 0 Å². The number of nitrogens with zero attached hydrogens (tertiary/aromatic N) is 1. The van der Waals surface area contributed by atoms with Crippen LogP contribution in [0.4, 0.5) is 0 Å². The molecule has 19 heavy (non-hydrogen) atoms. The Hall–Kier alpha value is -1.61. The highest BCUT2D eigenvalue weighted by Gasteiger charge is 2.31. The van der Waals surface area contributed by atoms with Crippen molar-refractivity contribution in [1.82, 2.24) is 0 Å². The van der Waals surface area contributed by atoms with E-state index in [-0.39, 0.29) is 5.54 Å². The zero-order valence-electron chi connectivity index (χ0n) is 10.7. The molecule has 0 spiro atoms. The number of hydrogen-bond acceptors (Lipinski definition) is 2. The third kappa shape index (κ3) is 2.19. The first-order valence-corrected chi connectivity index (χ1v) is 7.07. The van der Waals surface area contributed by atoms with Gasteiger partial charge >= 0.3 is 0 Å². The minimum atomic E-state index is -0.289. The summed E-state index contributed by atoms with van der Waals surface area (Å²) in [6.07, 6.45) is 0.875. The molecule has 0 aliphatic carbocycles. The Morgan fingerprint density at radius 2 is 1.95 bits per heavy atom. The second-order valence-electron chi connectivity index (χ2n) is 5.12. The van der Waals surface area contributed by atoms with Gasteiger partial charge in [0.25, 0.3) is 0 Å². The van der Waals surface area contributed by atoms with Gasteiger partial charge in [0.05, 0.1) is 5.54 Å². The normalized spacial score (nSPS) is 21.7. The predicted octanol–water partition coefficient (Wildman–Crippen LogP) is 3.63. The molecule has 1 heterocycles. The Morgan fingerprint density at radius 3 is 2.74 bits per heavy atom. The van der Waals surface area contributed by atoms with E-state index in [0.29, 0.717) is 5.84 Å². The van der Waals surface area contributed by atoms with Gasteiger partial charge in [-0.3, -0.25) is 4.99 Å². The van der Waals surface area contributed by atoms with Crippen molar-refractivity contribution in [3.8, 4) is 0 Å². The number of aliphatic imine (C=N–C) groups is 1. The van der Waals surface area contributed by atoms with Gasteiger partial charge in [-0.05, 0) is 30.2 Å². The largest absolute Gasteiger partial charge is 0.383 e. The van der Waals surface area contributed by atoms with E-state index in [1.807, 2.05) is 24.3 Å². The minimum Gasteiger partial charge on any atom is -0.383 e. The summed E-state index contributed by atoms with van der Waals surface area (Å²) in [5, 5.41) is 0. The third-order valence-corrected chi connectivity index (χ3v) is 4.13. The van der Waals surface area contributed by atoms with Crippen LogP contribution in [0.15, 0.2) is 58.0 Å². The van der Waals surface area contributed by atoms with Gasteiger partial charge in [-0.15, -0.1) is 0 Å². The zero-order chi connectivity index (χ0) is 13.5. The maximum absolute atomic E-state index is 6.14. The van der Waals surface area contributed by atoms with Crippen molar-refractivity contribution in [2.45, 2.75) is 18.9 Å². The topological polar surface area (TPSA) is 38.4 Å². The number of rotatable bonds is 1. The fourth-order valence-electron chi connectivity index (χ4n) is 2.65. The molecule has 0 bridgehead atoms. The number of hydrogen-bond donors (Lipinski definition) is 1. The van der Waals surface area contributed by atoms with Crippen LogP contribution in [0.5, 0.6) is 0 Å². The minimum absolute atomic E-state index is 0.289. The number of nitrogens with two attached hydrogens (primary N) is 1. The first kappa shape index (κ1) is 12.4. The van der Waals surface area contributed by atoms with Gasteiger partial charge in [0.1, 0.15) is 5.84 Å². The SMILES string of the molecule is CC1(c2cccc(Br)c2)Cc2ccccc2C(N)=N1. The van der Waals surface area contributed by atoms with Crippen molar-refractivity contribution in [2.24, 2.45) is 10.7 Å². The van der Waals surface area contributed by atoms with Gasteiger partial charge in [0.15, 0.2) is 0 Å². The van der Waals surface area contributed by atoms with Crippen LogP contribution in [0.25, 0.3) is 0 Å². The monoisotopic (exact) mass is 314 g/mol. The summed E-state index contributed by atoms with van der Waals surface area (Å²) in [6, 6.07) is 16.5. The molecule has 0 radical (unpaired) electrons. The summed E-state index contributed by atoms with van der Waals surface area (Å²) in [6.45, 7) is 2.14. The molecule has 2 aromatic rings. The van der Waals surface area contributed by atoms with E-state index in [1.165, 1.54) is 11.1 Å². The molecule has 3 rings (SSSR count). The highest BCUT2D eigenvalue weighted by atomic mass is 79.9. The first-order valence-electron chi connectivity index (χ1n) is 6.28. The highest BCUT2D eigenvalue weighted by molar-refractivity contribution is 9.10. The van der Waals surface area contributed by atoms with Crippen molar-refractivity contribution in [3.05, 3.63) is 69.7 Å². The standard InChI is InChI=1S/C16H15BrN2/c1-16(12-6-4-7-13(17)9-12)10-11-5-2-3-8-14(11)15(18)19-16/h2-9H,10H2,1H3,(H2,18,19). The molecular formula is C16H15BrN2. The molecule has 3 heteroatoms. The second-order valence-corrected chi connectivity index (χ2v) is 6.03. The van der Waals surface area contributed by atoms with E-state index in [2.05, 4.69) is 47.1 Å². The molecule has 2 aromatic carbocycles. The summed E-state index contributed by atoms with van der Waals surface area (Å²) in [4.78, 5) is 4.74. The number of halogens is 1. The molecule has 1 aliphatic rings. The summed E-state index contributed by atoms with van der Waals surface area (Å²) < 4.78 is 1.07. The molecule has 96 valence electrons. The van der Waals surface area contributed by atoms with Crippen LogP contribution in [0, 0.1) is 0 Å². The van der Waals surface area contributed by atoms with Crippen LogP contribution in [-0.4, -0.2) is 5.84 Å². The average Bonchev–Trinajstić information content (AvgIpc) is 2.38. The van der Waals surface area contributed by atoms with E-state index < -0.39 is 0 Å². The van der Waals surface area contributed by atoms with Crippen LogP contribution >= 0.6 is 15.9 Å². The van der Waals surface area contributed by atoms with Gasteiger partial charge in [0, 0.05) is 16.5 Å². The lowest BCUT2D eigenvalue weighted by atomic mass is 9.82. The smallest absolute Gasteiger partial charge is 0.126 e. The molecule has 0 saturated carbocycles. The zero-order valence-corrected chi connectivity index (χ0v) is 12.3. The van der Waals surface area contributed by atoms with Gasteiger partial charge < -0.3 is 5.73 Å². The van der Waals surface area contributed by atoms with Gasteiger partial charge in [-0.1, -0.05) is 52.3 Å². The summed E-state index contributed by atoms with van der Waals surface area (Å²) in [5.74, 6) is 0.629. The fourth-order valence-corrected chi connectivity index (χ4v) is 3.05. The van der Waals surface area contributed by atoms with Crippen molar-refractivity contribution >= 4 is 21.8 Å². The van der Waals surface area contributed by atoms with Crippen LogP contribution in [0.2, 0.25) is 0 Å². The maximum atomic E-state index is 6.14. The molecule has 2 nitrogen and oxygen atoms in total. The number of fused-ring (bicyclic) bond motifs is 1. The summed E-state index contributed by atoms with van der Waals surface area (Å²) in [5.41, 5.74) is 9.35. The molecule has 0 saturated heterocycles. The highest BCUT2D eigenvalue weighted by Crippen LogP contribution is 2.35. The molecule has 1 unspecified atom stereocenters. The summed E-state index contributed by atoms with van der Waals surface area (Å²) >= 11 is 3.52. The maximum Gasteiger partial charge on any atom is 0.126 e.